The van der Waals surface area contributed by atoms with Crippen molar-refractivity contribution in [2.45, 2.75) is 63.8 Å². The van der Waals surface area contributed by atoms with E-state index in [4.69, 9.17) is 0 Å². The predicted molar refractivity (Wildman–Crippen MR) is 140 cm³/mol. The molecule has 0 aromatic carbocycles. The van der Waals surface area contributed by atoms with Crippen LogP contribution in [0.1, 0.15) is 68.0 Å². The lowest BCUT2D eigenvalue weighted by molar-refractivity contribution is 0.0932. The van der Waals surface area contributed by atoms with Gasteiger partial charge in [-0.3, -0.25) is 9.89 Å². The lowest BCUT2D eigenvalue weighted by Gasteiger charge is -2.38. The summed E-state index contributed by atoms with van der Waals surface area (Å²) >= 11 is 1.47. The first kappa shape index (κ1) is 23.7. The summed E-state index contributed by atoms with van der Waals surface area (Å²) in [4.78, 5) is 18.4. The largest absolute Gasteiger partial charge is 0.349 e. The van der Waals surface area contributed by atoms with Crippen molar-refractivity contribution in [2.75, 3.05) is 13.1 Å². The molecule has 1 aliphatic rings. The molecular weight excluding hydrogens is 458 g/mol. The third kappa shape index (κ3) is 5.31. The normalized spacial score (nSPS) is 15.5. The number of hydrogen-bond donors (Lipinski definition) is 3. The van der Waals surface area contributed by atoms with E-state index in [0.717, 1.165) is 47.3 Å². The van der Waals surface area contributed by atoms with Gasteiger partial charge in [0.15, 0.2) is 5.65 Å². The number of unbranched alkanes of at least 4 members (excludes halogenated alkanes) is 2. The van der Waals surface area contributed by atoms with Gasteiger partial charge >= 0.3 is 0 Å². The van der Waals surface area contributed by atoms with Crippen molar-refractivity contribution in [2.24, 2.45) is 0 Å². The van der Waals surface area contributed by atoms with E-state index < -0.39 is 0 Å². The van der Waals surface area contributed by atoms with Crippen LogP contribution >= 0.6 is 11.3 Å². The Hall–Kier alpha value is -3.04. The van der Waals surface area contributed by atoms with Crippen LogP contribution in [0.15, 0.2) is 42.4 Å². The van der Waals surface area contributed by atoms with E-state index in [9.17, 15) is 4.79 Å². The number of fused-ring (bicyclic) bond motifs is 1. The summed E-state index contributed by atoms with van der Waals surface area (Å²) in [5, 5.41) is 20.4. The smallest absolute Gasteiger partial charge is 0.261 e. The number of H-pyrrole nitrogens is 1. The van der Waals surface area contributed by atoms with E-state index in [1.165, 1.54) is 49.9 Å². The summed E-state index contributed by atoms with van der Waals surface area (Å²) in [6.07, 6.45) is 18.8. The van der Waals surface area contributed by atoms with Crippen molar-refractivity contribution in [3.05, 3.63) is 47.3 Å². The maximum absolute atomic E-state index is 13.1. The second-order valence-electron chi connectivity index (χ2n) is 9.51. The number of carbonyl (C=O) groups is 1. The van der Waals surface area contributed by atoms with Gasteiger partial charge in [-0.15, -0.1) is 11.3 Å². The summed E-state index contributed by atoms with van der Waals surface area (Å²) in [7, 11) is 0. The van der Waals surface area contributed by atoms with Gasteiger partial charge in [-0.1, -0.05) is 39.0 Å². The summed E-state index contributed by atoms with van der Waals surface area (Å²) in [6, 6.07) is 1.95. The van der Waals surface area contributed by atoms with Crippen LogP contribution in [0.4, 0.5) is 0 Å². The Balaban J connectivity index is 1.26. The summed E-state index contributed by atoms with van der Waals surface area (Å²) < 4.78 is 1.77. The molecule has 0 bridgehead atoms. The first-order valence-corrected chi connectivity index (χ1v) is 13.5. The number of nitrogens with zero attached hydrogens (tertiary/aromatic N) is 4. The lowest BCUT2D eigenvalue weighted by atomic mass is 9.81. The zero-order chi connectivity index (χ0) is 24.1. The van der Waals surface area contributed by atoms with Gasteiger partial charge in [-0.25, -0.2) is 9.50 Å². The average Bonchev–Trinajstić information content (AvgIpc) is 3.66. The zero-order valence-corrected chi connectivity index (χ0v) is 21.0. The van der Waals surface area contributed by atoms with Crippen LogP contribution in [0.3, 0.4) is 0 Å². The lowest BCUT2D eigenvalue weighted by Crippen LogP contribution is -2.54. The minimum absolute atomic E-state index is 0.00627. The van der Waals surface area contributed by atoms with Crippen LogP contribution in [0.2, 0.25) is 0 Å². The molecule has 3 N–H and O–H groups in total. The van der Waals surface area contributed by atoms with Crippen molar-refractivity contribution < 1.29 is 4.79 Å². The van der Waals surface area contributed by atoms with Gasteiger partial charge in [-0.05, 0) is 42.8 Å². The molecule has 0 saturated heterocycles. The molecule has 1 amide bonds. The van der Waals surface area contributed by atoms with Gasteiger partial charge in [0.2, 0.25) is 0 Å². The fraction of sp³-hybridized carbons (Fsp3) is 0.462. The predicted octanol–water partition coefficient (Wildman–Crippen LogP) is 5.06. The first-order chi connectivity index (χ1) is 17.2. The number of rotatable bonds is 10. The van der Waals surface area contributed by atoms with Crippen LogP contribution < -0.4 is 10.6 Å². The molecule has 8 nitrogen and oxygen atoms in total. The van der Waals surface area contributed by atoms with Gasteiger partial charge in [0.05, 0.1) is 17.3 Å². The van der Waals surface area contributed by atoms with Gasteiger partial charge < -0.3 is 10.6 Å². The molecule has 4 heterocycles. The number of thiophene rings is 1. The number of carbonyl (C=O) groups excluding carboxylic acids is 1. The fourth-order valence-electron chi connectivity index (χ4n) is 4.94. The summed E-state index contributed by atoms with van der Waals surface area (Å²) in [5.74, 6) is -0.00627. The Morgan fingerprint density at radius 1 is 1.14 bits per heavy atom. The molecule has 5 rings (SSSR count). The molecular formula is C26H33N7OS. The van der Waals surface area contributed by atoms with E-state index in [1.807, 2.05) is 36.2 Å². The van der Waals surface area contributed by atoms with Crippen LogP contribution in [0, 0.1) is 0 Å². The van der Waals surface area contributed by atoms with Crippen LogP contribution in [-0.2, 0) is 0 Å². The van der Waals surface area contributed by atoms with Crippen molar-refractivity contribution in [1.29, 1.82) is 0 Å². The van der Waals surface area contributed by atoms with Crippen molar-refractivity contribution in [3.8, 4) is 22.3 Å². The molecule has 0 spiro atoms. The quantitative estimate of drug-likeness (QED) is 0.269. The second-order valence-corrected chi connectivity index (χ2v) is 10.4. The maximum Gasteiger partial charge on any atom is 0.261 e. The van der Waals surface area contributed by atoms with E-state index in [0.29, 0.717) is 11.4 Å². The average molecular weight is 492 g/mol. The molecule has 4 aromatic heterocycles. The molecule has 1 saturated carbocycles. The van der Waals surface area contributed by atoms with Crippen molar-refractivity contribution >= 4 is 22.9 Å². The highest BCUT2D eigenvalue weighted by Gasteiger charge is 2.32. The SMILES string of the molecule is CCCCCNC1(CNC(=O)c2cc(-c3cnn4cc(-c5cn[nH]c5)cnc34)cs2)CCCCC1. The maximum atomic E-state index is 13.1. The molecule has 184 valence electrons. The van der Waals surface area contributed by atoms with Crippen LogP contribution in [0.5, 0.6) is 0 Å². The second kappa shape index (κ2) is 10.7. The Bertz CT molecular complexity index is 1250. The molecule has 0 aliphatic heterocycles. The van der Waals surface area contributed by atoms with E-state index in [2.05, 4.69) is 37.8 Å². The van der Waals surface area contributed by atoms with Crippen LogP contribution in [-0.4, -0.2) is 49.3 Å². The van der Waals surface area contributed by atoms with Gasteiger partial charge in [0, 0.05) is 47.4 Å². The summed E-state index contributed by atoms with van der Waals surface area (Å²) in [5.41, 5.74) is 4.57. The number of aromatic nitrogens is 5. The Kier molecular flexibility index (Phi) is 7.24. The monoisotopic (exact) mass is 491 g/mol. The molecule has 9 heteroatoms. The molecule has 0 unspecified atom stereocenters. The highest BCUT2D eigenvalue weighted by Crippen LogP contribution is 2.30. The third-order valence-electron chi connectivity index (χ3n) is 7.00. The zero-order valence-electron chi connectivity index (χ0n) is 20.2. The number of hydrogen-bond acceptors (Lipinski definition) is 6. The van der Waals surface area contributed by atoms with Gasteiger partial charge in [0.1, 0.15) is 0 Å². The molecule has 1 fully saturated rings. The molecule has 4 aromatic rings. The van der Waals surface area contributed by atoms with Crippen molar-refractivity contribution in [3.63, 3.8) is 0 Å². The molecule has 35 heavy (non-hydrogen) atoms. The standard InChI is InChI=1S/C26H33N7OS/c1-2-3-7-10-29-26(8-5-4-6-9-26)18-28-25(34)23-11-19(17-35-23)22-15-32-33-16-21(12-27-24(22)33)20-13-30-31-14-20/h11-17,29H,2-10,18H2,1H3,(H,28,34)(H,30,31). The Labute approximate surface area is 209 Å². The topological polar surface area (TPSA) is 100 Å². The minimum Gasteiger partial charge on any atom is -0.349 e. The number of nitrogens with one attached hydrogen (secondary N) is 3. The van der Waals surface area contributed by atoms with E-state index in [-0.39, 0.29) is 11.4 Å². The third-order valence-corrected chi connectivity index (χ3v) is 7.93. The Morgan fingerprint density at radius 3 is 2.83 bits per heavy atom. The van der Waals surface area contributed by atoms with Gasteiger partial charge in [0.25, 0.3) is 5.91 Å². The first-order valence-electron chi connectivity index (χ1n) is 12.6. The number of amides is 1. The molecule has 0 radical (unpaired) electrons. The van der Waals surface area contributed by atoms with Crippen molar-refractivity contribution in [1.82, 2.24) is 35.4 Å². The molecule has 0 atom stereocenters. The fourth-order valence-corrected chi connectivity index (χ4v) is 5.77. The highest BCUT2D eigenvalue weighted by molar-refractivity contribution is 7.12. The van der Waals surface area contributed by atoms with E-state index >= 15 is 0 Å². The number of aromatic amines is 1. The van der Waals surface area contributed by atoms with Gasteiger partial charge in [-0.2, -0.15) is 10.2 Å². The summed E-state index contributed by atoms with van der Waals surface area (Å²) in [6.45, 7) is 3.94. The highest BCUT2D eigenvalue weighted by atomic mass is 32.1. The Morgan fingerprint density at radius 2 is 2.03 bits per heavy atom. The van der Waals surface area contributed by atoms with E-state index in [1.54, 1.807) is 10.7 Å². The van der Waals surface area contributed by atoms with Crippen LogP contribution in [0.25, 0.3) is 27.9 Å². The minimum atomic E-state index is -0.00627. The molecule has 1 aliphatic carbocycles.